The molecule has 34 heavy (non-hydrogen) atoms. The van der Waals surface area contributed by atoms with Gasteiger partial charge in [-0.2, -0.15) is 65.9 Å². The van der Waals surface area contributed by atoms with Crippen molar-refractivity contribution in [2.75, 3.05) is 7.11 Å². The molecular weight excluding hydrogens is 521 g/mol. The summed E-state index contributed by atoms with van der Waals surface area (Å²) < 4.78 is 203. The van der Waals surface area contributed by atoms with Crippen LogP contribution < -0.4 is 4.74 Å². The highest BCUT2D eigenvalue weighted by atomic mass is 19.4. The van der Waals surface area contributed by atoms with Crippen molar-refractivity contribution in [1.29, 1.82) is 0 Å². The van der Waals surface area contributed by atoms with Crippen LogP contribution in [-0.2, 0) is 5.60 Å². The SMILES string of the molecule is COc1cccc(C(C)(O)CC(F)(F)C(F)(F)C(F)(F)C(F)(F)C(F)(F)C(F)(F)C(F)(F)F)c1. The molecule has 0 saturated carbocycles. The van der Waals surface area contributed by atoms with Crippen molar-refractivity contribution in [3.8, 4) is 5.75 Å². The molecular formula is C17H13F15O2. The minimum atomic E-state index is -8.37. The highest BCUT2D eigenvalue weighted by Crippen LogP contribution is 2.63. The Balaban J connectivity index is 3.54. The Bertz CT molecular complexity index is 874. The number of halogens is 15. The molecule has 0 radical (unpaired) electrons. The maximum atomic E-state index is 14.1. The van der Waals surface area contributed by atoms with Gasteiger partial charge in [-0.05, 0) is 24.6 Å². The first kappa shape index (κ1) is 30.0. The lowest BCUT2D eigenvalue weighted by Crippen LogP contribution is -2.72. The first-order chi connectivity index (χ1) is 14.7. The fourth-order valence-corrected chi connectivity index (χ4v) is 2.60. The molecule has 0 aliphatic heterocycles. The van der Waals surface area contributed by atoms with Crippen molar-refractivity contribution in [2.24, 2.45) is 0 Å². The van der Waals surface area contributed by atoms with Crippen LogP contribution in [0.3, 0.4) is 0 Å². The molecule has 0 saturated heterocycles. The molecule has 1 aromatic carbocycles. The smallest absolute Gasteiger partial charge is 0.460 e. The lowest BCUT2D eigenvalue weighted by Gasteiger charge is -2.42. The van der Waals surface area contributed by atoms with Gasteiger partial charge in [0, 0.05) is 0 Å². The minimum Gasteiger partial charge on any atom is -0.497 e. The second kappa shape index (κ2) is 8.26. The Hall–Kier alpha value is -2.07. The van der Waals surface area contributed by atoms with Gasteiger partial charge in [0.05, 0.1) is 19.1 Å². The molecule has 0 bridgehead atoms. The maximum absolute atomic E-state index is 14.1. The van der Waals surface area contributed by atoms with E-state index in [-0.39, 0.29) is 12.7 Å². The van der Waals surface area contributed by atoms with E-state index in [0.717, 1.165) is 25.3 Å². The van der Waals surface area contributed by atoms with Crippen LogP contribution in [0.4, 0.5) is 65.9 Å². The lowest BCUT2D eigenvalue weighted by atomic mass is 9.83. The normalized spacial score (nSPS) is 16.9. The van der Waals surface area contributed by atoms with E-state index in [1.807, 2.05) is 0 Å². The third kappa shape index (κ3) is 4.34. The van der Waals surface area contributed by atoms with Crippen molar-refractivity contribution in [1.82, 2.24) is 0 Å². The molecule has 0 aliphatic carbocycles. The fraction of sp³-hybridized carbons (Fsp3) is 0.647. The van der Waals surface area contributed by atoms with Gasteiger partial charge < -0.3 is 9.84 Å². The second-order valence-electron chi connectivity index (χ2n) is 7.26. The summed E-state index contributed by atoms with van der Waals surface area (Å²) in [5.74, 6) is -47.4. The number of rotatable bonds is 9. The summed E-state index contributed by atoms with van der Waals surface area (Å²) in [4.78, 5) is 0. The first-order valence-electron chi connectivity index (χ1n) is 8.45. The summed E-state index contributed by atoms with van der Waals surface area (Å²) in [6, 6.07) is 3.56. The van der Waals surface area contributed by atoms with E-state index in [0.29, 0.717) is 6.07 Å². The number of methoxy groups -OCH3 is 1. The monoisotopic (exact) mass is 534 g/mol. The van der Waals surface area contributed by atoms with Crippen LogP contribution in [0.5, 0.6) is 5.75 Å². The molecule has 0 spiro atoms. The summed E-state index contributed by atoms with van der Waals surface area (Å²) in [7, 11) is 1.01. The van der Waals surface area contributed by atoms with Gasteiger partial charge >= 0.3 is 41.7 Å². The first-order valence-corrected chi connectivity index (χ1v) is 8.45. The van der Waals surface area contributed by atoms with Gasteiger partial charge in [0.25, 0.3) is 0 Å². The van der Waals surface area contributed by atoms with E-state index in [4.69, 9.17) is 0 Å². The zero-order chi connectivity index (χ0) is 27.4. The number of benzene rings is 1. The van der Waals surface area contributed by atoms with Crippen molar-refractivity contribution in [3.63, 3.8) is 0 Å². The second-order valence-corrected chi connectivity index (χ2v) is 7.26. The van der Waals surface area contributed by atoms with Gasteiger partial charge in [-0.25, -0.2) is 0 Å². The van der Waals surface area contributed by atoms with Crippen molar-refractivity contribution in [3.05, 3.63) is 29.8 Å². The molecule has 1 rings (SSSR count). The van der Waals surface area contributed by atoms with Crippen LogP contribution in [0, 0.1) is 0 Å². The average molecular weight is 534 g/mol. The van der Waals surface area contributed by atoms with Crippen LogP contribution >= 0.6 is 0 Å². The standard InChI is InChI=1S/C17H13F15O2/c1-10(33,8-4-3-5-9(6-8)34-2)7-11(18,19)12(20,21)13(22,23)14(24,25)15(26,27)16(28,29)17(30,31)32/h3-6,33H,7H2,1-2H3. The topological polar surface area (TPSA) is 29.5 Å². The highest BCUT2D eigenvalue weighted by molar-refractivity contribution is 5.32. The zero-order valence-corrected chi connectivity index (χ0v) is 16.5. The third-order valence-electron chi connectivity index (χ3n) is 4.65. The Morgan fingerprint density at radius 1 is 0.676 bits per heavy atom. The van der Waals surface area contributed by atoms with E-state index in [2.05, 4.69) is 4.74 Å². The van der Waals surface area contributed by atoms with Gasteiger partial charge in [0.2, 0.25) is 0 Å². The van der Waals surface area contributed by atoms with Gasteiger partial charge in [0.15, 0.2) is 0 Å². The molecule has 0 heterocycles. The molecule has 198 valence electrons. The molecule has 0 aromatic heterocycles. The van der Waals surface area contributed by atoms with Crippen LogP contribution in [0.25, 0.3) is 0 Å². The molecule has 1 N–H and O–H groups in total. The summed E-state index contributed by atoms with van der Waals surface area (Å²) in [5, 5.41) is 10.1. The lowest BCUT2D eigenvalue weighted by molar-refractivity contribution is -0.453. The summed E-state index contributed by atoms with van der Waals surface area (Å²) in [5.41, 5.74) is -4.04. The molecule has 0 aliphatic rings. The predicted molar refractivity (Wildman–Crippen MR) is 82.9 cm³/mol. The van der Waals surface area contributed by atoms with E-state index in [1.165, 1.54) is 0 Å². The minimum absolute atomic E-state index is 0.210. The van der Waals surface area contributed by atoms with E-state index in [9.17, 15) is 71.0 Å². The summed E-state index contributed by atoms with van der Waals surface area (Å²) >= 11 is 0. The van der Waals surface area contributed by atoms with E-state index >= 15 is 0 Å². The van der Waals surface area contributed by atoms with Gasteiger partial charge in [-0.1, -0.05) is 12.1 Å². The van der Waals surface area contributed by atoms with E-state index in [1.54, 1.807) is 0 Å². The van der Waals surface area contributed by atoms with Crippen molar-refractivity contribution < 1.29 is 75.7 Å². The summed E-state index contributed by atoms with van der Waals surface area (Å²) in [6.07, 6.45) is -10.6. The molecule has 2 nitrogen and oxygen atoms in total. The van der Waals surface area contributed by atoms with Crippen LogP contribution in [0.1, 0.15) is 18.9 Å². The van der Waals surface area contributed by atoms with Gasteiger partial charge in [0.1, 0.15) is 5.75 Å². The van der Waals surface area contributed by atoms with Gasteiger partial charge in [-0.15, -0.1) is 0 Å². The number of ether oxygens (including phenoxy) is 1. The Kier molecular flexibility index (Phi) is 7.28. The number of alkyl halides is 15. The Labute approximate surface area is 180 Å². The van der Waals surface area contributed by atoms with Crippen LogP contribution in [0.15, 0.2) is 24.3 Å². The van der Waals surface area contributed by atoms with Crippen molar-refractivity contribution in [2.45, 2.75) is 60.7 Å². The quantitative estimate of drug-likeness (QED) is 0.359. The van der Waals surface area contributed by atoms with Gasteiger partial charge in [-0.3, -0.25) is 0 Å². The molecule has 1 unspecified atom stereocenters. The molecule has 0 amide bonds. The largest absolute Gasteiger partial charge is 0.497 e. The summed E-state index contributed by atoms with van der Waals surface area (Å²) in [6.45, 7) is 0.286. The van der Waals surface area contributed by atoms with E-state index < -0.39 is 59.3 Å². The highest BCUT2D eigenvalue weighted by Gasteiger charge is 2.93. The van der Waals surface area contributed by atoms with Crippen LogP contribution in [0.2, 0.25) is 0 Å². The Morgan fingerprint density at radius 2 is 1.09 bits per heavy atom. The molecule has 17 heteroatoms. The van der Waals surface area contributed by atoms with Crippen LogP contribution in [-0.4, -0.2) is 53.9 Å². The van der Waals surface area contributed by atoms with Crippen molar-refractivity contribution >= 4 is 0 Å². The number of aliphatic hydroxyl groups is 1. The number of hydrogen-bond donors (Lipinski definition) is 1. The zero-order valence-electron chi connectivity index (χ0n) is 16.5. The third-order valence-corrected chi connectivity index (χ3v) is 4.65. The molecule has 1 aromatic rings. The molecule has 1 atom stereocenters. The molecule has 0 fully saturated rings. The fourth-order valence-electron chi connectivity index (χ4n) is 2.60. The Morgan fingerprint density at radius 3 is 1.50 bits per heavy atom. The number of hydrogen-bond acceptors (Lipinski definition) is 2. The predicted octanol–water partition coefficient (Wildman–Crippen LogP) is 6.67. The maximum Gasteiger partial charge on any atom is 0.460 e. The average Bonchev–Trinajstić information content (AvgIpc) is 2.65.